The topological polar surface area (TPSA) is 35.5 Å². The lowest BCUT2D eigenvalue weighted by atomic mass is 10.1. The van der Waals surface area contributed by atoms with Gasteiger partial charge in [-0.15, -0.1) is 0 Å². The third kappa shape index (κ3) is 2.42. The molecule has 0 bridgehead atoms. The van der Waals surface area contributed by atoms with Crippen molar-refractivity contribution in [1.82, 2.24) is 0 Å². The molecule has 0 aromatic heterocycles. The van der Waals surface area contributed by atoms with E-state index in [1.807, 2.05) is 30.3 Å². The summed E-state index contributed by atoms with van der Waals surface area (Å²) >= 11 is 0. The van der Waals surface area contributed by atoms with Gasteiger partial charge in [0.05, 0.1) is 0 Å². The van der Waals surface area contributed by atoms with Crippen LogP contribution in [-0.2, 0) is 14.3 Å². The van der Waals surface area contributed by atoms with E-state index < -0.39 is 6.10 Å². The molecule has 0 aliphatic carbocycles. The number of carbonyl (C=O) groups excluding carboxylic acids is 1. The van der Waals surface area contributed by atoms with Crippen LogP contribution in [0.1, 0.15) is 37.9 Å². The van der Waals surface area contributed by atoms with Crippen molar-refractivity contribution in [1.29, 1.82) is 0 Å². The minimum Gasteiger partial charge on any atom is -0.434 e. The maximum absolute atomic E-state index is 11.6. The molecule has 0 spiro atoms. The van der Waals surface area contributed by atoms with Gasteiger partial charge < -0.3 is 9.47 Å². The lowest BCUT2D eigenvalue weighted by Crippen LogP contribution is -2.07. The molecule has 86 valence electrons. The van der Waals surface area contributed by atoms with Crippen LogP contribution in [0.15, 0.2) is 30.3 Å². The molecule has 0 unspecified atom stereocenters. The molecule has 1 aliphatic heterocycles. The van der Waals surface area contributed by atoms with Gasteiger partial charge in [0.2, 0.25) is 6.29 Å². The minimum atomic E-state index is -0.539. The fourth-order valence-corrected chi connectivity index (χ4v) is 1.77. The van der Waals surface area contributed by atoms with Gasteiger partial charge >= 0.3 is 5.97 Å². The molecule has 2 atom stereocenters. The van der Waals surface area contributed by atoms with Gasteiger partial charge in [-0.1, -0.05) is 43.7 Å². The standard InChI is InChI=1S/C13H16O3/c1-2-3-9-11-15-12(13(14)16-11)10-7-5-4-6-8-10/h4-8,11-12H,2-3,9H2,1H3/t11-,12-/m0/s1. The van der Waals surface area contributed by atoms with Crippen LogP contribution in [0.3, 0.4) is 0 Å². The van der Waals surface area contributed by atoms with Crippen LogP contribution in [0.2, 0.25) is 0 Å². The average molecular weight is 220 g/mol. The molecule has 3 nitrogen and oxygen atoms in total. The molecule has 0 N–H and O–H groups in total. The Morgan fingerprint density at radius 1 is 1.25 bits per heavy atom. The Bertz CT molecular complexity index is 347. The molecule has 16 heavy (non-hydrogen) atoms. The first-order chi connectivity index (χ1) is 7.81. The van der Waals surface area contributed by atoms with E-state index in [4.69, 9.17) is 9.47 Å². The molecule has 0 radical (unpaired) electrons. The summed E-state index contributed by atoms with van der Waals surface area (Å²) in [5.74, 6) is -0.271. The Labute approximate surface area is 95.4 Å². The summed E-state index contributed by atoms with van der Waals surface area (Å²) in [4.78, 5) is 11.6. The summed E-state index contributed by atoms with van der Waals surface area (Å²) < 4.78 is 10.8. The van der Waals surface area contributed by atoms with Crippen LogP contribution < -0.4 is 0 Å². The number of hydrogen-bond acceptors (Lipinski definition) is 3. The molecular weight excluding hydrogens is 204 g/mol. The van der Waals surface area contributed by atoms with Gasteiger partial charge in [0.15, 0.2) is 6.10 Å². The molecule has 1 aromatic rings. The van der Waals surface area contributed by atoms with Gasteiger partial charge in [-0.2, -0.15) is 0 Å². The Morgan fingerprint density at radius 3 is 2.69 bits per heavy atom. The van der Waals surface area contributed by atoms with Gasteiger partial charge in [-0.3, -0.25) is 0 Å². The molecule has 1 saturated heterocycles. The van der Waals surface area contributed by atoms with Crippen molar-refractivity contribution >= 4 is 5.97 Å². The van der Waals surface area contributed by atoms with E-state index in [1.165, 1.54) is 0 Å². The van der Waals surface area contributed by atoms with Gasteiger partial charge in [-0.05, 0) is 12.0 Å². The van der Waals surface area contributed by atoms with Crippen molar-refractivity contribution in [2.75, 3.05) is 0 Å². The zero-order chi connectivity index (χ0) is 11.4. The summed E-state index contributed by atoms with van der Waals surface area (Å²) in [6.45, 7) is 2.10. The molecule has 2 rings (SSSR count). The number of carbonyl (C=O) groups is 1. The minimum absolute atomic E-state index is 0.271. The summed E-state index contributed by atoms with van der Waals surface area (Å²) in [7, 11) is 0. The zero-order valence-electron chi connectivity index (χ0n) is 9.39. The van der Waals surface area contributed by atoms with Gasteiger partial charge in [-0.25, -0.2) is 4.79 Å². The first-order valence-corrected chi connectivity index (χ1v) is 5.72. The lowest BCUT2D eigenvalue weighted by molar-refractivity contribution is -0.144. The molecule has 0 amide bonds. The molecule has 1 fully saturated rings. The lowest BCUT2D eigenvalue weighted by Gasteiger charge is -2.08. The highest BCUT2D eigenvalue weighted by Crippen LogP contribution is 2.29. The number of esters is 1. The number of ether oxygens (including phenoxy) is 2. The van der Waals surface area contributed by atoms with Gasteiger partial charge in [0.25, 0.3) is 0 Å². The van der Waals surface area contributed by atoms with Crippen molar-refractivity contribution in [3.8, 4) is 0 Å². The predicted octanol–water partition coefficient (Wildman–Crippen LogP) is 2.82. The van der Waals surface area contributed by atoms with E-state index in [2.05, 4.69) is 6.92 Å². The normalized spacial score (nSPS) is 24.4. The van der Waals surface area contributed by atoms with E-state index >= 15 is 0 Å². The van der Waals surface area contributed by atoms with Crippen molar-refractivity contribution in [2.45, 2.75) is 38.6 Å². The number of rotatable bonds is 4. The third-order valence-corrected chi connectivity index (χ3v) is 2.65. The predicted molar refractivity (Wildman–Crippen MR) is 59.7 cm³/mol. The highest BCUT2D eigenvalue weighted by molar-refractivity contribution is 5.77. The second kappa shape index (κ2) is 5.12. The van der Waals surface area contributed by atoms with E-state index in [1.54, 1.807) is 0 Å². The molecule has 3 heteroatoms. The summed E-state index contributed by atoms with van der Waals surface area (Å²) in [5, 5.41) is 0. The molecule has 1 aliphatic rings. The van der Waals surface area contributed by atoms with Crippen LogP contribution in [0, 0.1) is 0 Å². The van der Waals surface area contributed by atoms with Crippen LogP contribution in [0.4, 0.5) is 0 Å². The number of cyclic esters (lactones) is 1. The molecular formula is C13H16O3. The van der Waals surface area contributed by atoms with Crippen molar-refractivity contribution in [3.05, 3.63) is 35.9 Å². The van der Waals surface area contributed by atoms with Gasteiger partial charge in [0.1, 0.15) is 0 Å². The van der Waals surface area contributed by atoms with E-state index in [-0.39, 0.29) is 12.3 Å². The van der Waals surface area contributed by atoms with Crippen molar-refractivity contribution < 1.29 is 14.3 Å². The third-order valence-electron chi connectivity index (χ3n) is 2.65. The number of benzene rings is 1. The van der Waals surface area contributed by atoms with Crippen LogP contribution in [-0.4, -0.2) is 12.3 Å². The summed E-state index contributed by atoms with van der Waals surface area (Å²) in [5.41, 5.74) is 0.867. The Hall–Kier alpha value is -1.35. The van der Waals surface area contributed by atoms with Crippen molar-refractivity contribution in [3.63, 3.8) is 0 Å². The molecule has 0 saturated carbocycles. The second-order valence-corrected chi connectivity index (χ2v) is 3.94. The monoisotopic (exact) mass is 220 g/mol. The van der Waals surface area contributed by atoms with E-state index in [0.717, 1.165) is 24.8 Å². The molecule has 1 heterocycles. The Kier molecular flexibility index (Phi) is 3.57. The smallest absolute Gasteiger partial charge is 0.342 e. The average Bonchev–Trinajstić information content (AvgIpc) is 2.69. The SMILES string of the molecule is CCCC[C@@H]1OC(=O)[C@H](c2ccccc2)O1. The number of unbranched alkanes of at least 4 members (excludes halogenated alkanes) is 1. The Balaban J connectivity index is 2.00. The van der Waals surface area contributed by atoms with Gasteiger partial charge in [0, 0.05) is 6.42 Å². The highest BCUT2D eigenvalue weighted by atomic mass is 16.7. The van der Waals surface area contributed by atoms with Crippen LogP contribution in [0.5, 0.6) is 0 Å². The quantitative estimate of drug-likeness (QED) is 0.732. The largest absolute Gasteiger partial charge is 0.434 e. The fraction of sp³-hybridized carbons (Fsp3) is 0.462. The first kappa shape index (κ1) is 11.1. The maximum atomic E-state index is 11.6. The summed E-state index contributed by atoms with van der Waals surface area (Å²) in [6, 6.07) is 9.47. The highest BCUT2D eigenvalue weighted by Gasteiger charge is 2.35. The second-order valence-electron chi connectivity index (χ2n) is 3.94. The van der Waals surface area contributed by atoms with Crippen LogP contribution >= 0.6 is 0 Å². The van der Waals surface area contributed by atoms with Crippen molar-refractivity contribution in [2.24, 2.45) is 0 Å². The Morgan fingerprint density at radius 2 is 2.00 bits per heavy atom. The van der Waals surface area contributed by atoms with Crippen LogP contribution in [0.25, 0.3) is 0 Å². The molecule has 1 aromatic carbocycles. The zero-order valence-corrected chi connectivity index (χ0v) is 9.39. The first-order valence-electron chi connectivity index (χ1n) is 5.72. The fourth-order valence-electron chi connectivity index (χ4n) is 1.77. The maximum Gasteiger partial charge on any atom is 0.342 e. The van der Waals surface area contributed by atoms with E-state index in [0.29, 0.717) is 0 Å². The number of hydrogen-bond donors (Lipinski definition) is 0. The van der Waals surface area contributed by atoms with E-state index in [9.17, 15) is 4.79 Å². The summed E-state index contributed by atoms with van der Waals surface area (Å²) in [6.07, 6.45) is 1.97.